The minimum atomic E-state index is -0.922. The number of esters is 2. The summed E-state index contributed by atoms with van der Waals surface area (Å²) in [5.74, 6) is -1.52. The molecule has 0 aliphatic rings. The third kappa shape index (κ3) is 4.32. The summed E-state index contributed by atoms with van der Waals surface area (Å²) in [4.78, 5) is 24.8. The van der Waals surface area contributed by atoms with Crippen molar-refractivity contribution in [2.24, 2.45) is 0 Å². The predicted molar refractivity (Wildman–Crippen MR) is 107 cm³/mol. The fourth-order valence-corrected chi connectivity index (χ4v) is 2.94. The lowest BCUT2D eigenvalue weighted by atomic mass is 10.1. The Bertz CT molecular complexity index is 1080. The van der Waals surface area contributed by atoms with Gasteiger partial charge in [-0.1, -0.05) is 43.7 Å². The molecule has 8 nitrogen and oxygen atoms in total. The van der Waals surface area contributed by atoms with Crippen LogP contribution in [0.2, 0.25) is 0 Å². The van der Waals surface area contributed by atoms with Gasteiger partial charge in [0.15, 0.2) is 0 Å². The third-order valence-electron chi connectivity index (χ3n) is 4.64. The topological polar surface area (TPSA) is 106 Å². The molecule has 0 spiro atoms. The van der Waals surface area contributed by atoms with Crippen LogP contribution in [0.1, 0.15) is 51.9 Å². The summed E-state index contributed by atoms with van der Waals surface area (Å²) >= 11 is 0. The van der Waals surface area contributed by atoms with Gasteiger partial charge in [-0.3, -0.25) is 0 Å². The number of nitrogens with zero attached hydrogens (tertiary/aromatic N) is 2. The second-order valence-electron chi connectivity index (χ2n) is 6.78. The fraction of sp³-hybridized carbons (Fsp3) is 0.273. The number of carbonyl (C=O) groups is 2. The minimum Gasteiger partial charge on any atom is -0.618 e. The van der Waals surface area contributed by atoms with Crippen LogP contribution in [0.15, 0.2) is 48.5 Å². The Morgan fingerprint density at radius 3 is 2.37 bits per heavy atom. The van der Waals surface area contributed by atoms with Crippen molar-refractivity contribution < 1.29 is 28.5 Å². The number of fused-ring (bicyclic) bond motifs is 1. The molecular formula is C22H22N2O6. The Balaban J connectivity index is 1.94. The van der Waals surface area contributed by atoms with Crippen molar-refractivity contribution in [3.8, 4) is 0 Å². The molecule has 2 aromatic carbocycles. The Morgan fingerprint density at radius 2 is 1.67 bits per heavy atom. The van der Waals surface area contributed by atoms with Crippen LogP contribution >= 0.6 is 0 Å². The monoisotopic (exact) mass is 410 g/mol. The molecule has 0 amide bonds. The summed E-state index contributed by atoms with van der Waals surface area (Å²) in [5, 5.41) is 25.5. The summed E-state index contributed by atoms with van der Waals surface area (Å²) in [6, 6.07) is 13.0. The average molecular weight is 410 g/mol. The Hall–Kier alpha value is -3.68. The maximum atomic E-state index is 12.9. The van der Waals surface area contributed by atoms with Gasteiger partial charge >= 0.3 is 17.6 Å². The lowest BCUT2D eigenvalue weighted by molar-refractivity contribution is -0.635. The molecule has 30 heavy (non-hydrogen) atoms. The molecule has 0 bridgehead atoms. The van der Waals surface area contributed by atoms with Crippen molar-refractivity contribution in [3.63, 3.8) is 0 Å². The minimum absolute atomic E-state index is 0.0345. The molecular weight excluding hydrogens is 388 g/mol. The molecule has 1 heterocycles. The quantitative estimate of drug-likeness (QED) is 0.257. The zero-order valence-electron chi connectivity index (χ0n) is 16.8. The molecule has 0 saturated heterocycles. The van der Waals surface area contributed by atoms with Gasteiger partial charge in [0.2, 0.25) is 0 Å². The Labute approximate surface area is 173 Å². The van der Waals surface area contributed by atoms with Crippen LogP contribution in [-0.4, -0.2) is 18.5 Å². The first-order valence-electron chi connectivity index (χ1n) is 9.61. The van der Waals surface area contributed by atoms with Crippen molar-refractivity contribution in [3.05, 3.63) is 81.5 Å². The van der Waals surface area contributed by atoms with Crippen molar-refractivity contribution in [2.75, 3.05) is 6.61 Å². The number of aromatic nitrogens is 2. The number of hydrogen-bond donors (Lipinski definition) is 0. The van der Waals surface area contributed by atoms with Crippen LogP contribution in [0.3, 0.4) is 0 Å². The highest BCUT2D eigenvalue weighted by molar-refractivity contribution is 5.93. The van der Waals surface area contributed by atoms with Crippen molar-refractivity contribution in [2.45, 2.75) is 33.3 Å². The summed E-state index contributed by atoms with van der Waals surface area (Å²) in [6.07, 6.45) is 1.59. The molecule has 0 radical (unpaired) electrons. The van der Waals surface area contributed by atoms with Gasteiger partial charge in [0.05, 0.1) is 12.2 Å². The lowest BCUT2D eigenvalue weighted by Gasteiger charge is -2.11. The van der Waals surface area contributed by atoms with Crippen LogP contribution in [-0.2, 0) is 16.1 Å². The van der Waals surface area contributed by atoms with E-state index in [0.717, 1.165) is 18.4 Å². The predicted octanol–water partition coefficient (Wildman–Crippen LogP) is 2.73. The number of benzene rings is 2. The molecule has 3 rings (SSSR count). The van der Waals surface area contributed by atoms with Crippen LogP contribution in [0.4, 0.5) is 0 Å². The standard InChI is InChI=1S/C22H22N2O6/c1-3-4-12-29-21(25)17-10-11-18-19(13-17)24(28)20(15(2)23(18)27)22(26)30-14-16-8-6-5-7-9-16/h5-11,13H,3-4,12,14H2,1-2H3. The van der Waals surface area contributed by atoms with E-state index in [1.54, 1.807) is 24.3 Å². The molecule has 0 saturated carbocycles. The van der Waals surface area contributed by atoms with Crippen LogP contribution in [0.5, 0.6) is 0 Å². The summed E-state index contributed by atoms with van der Waals surface area (Å²) in [5.41, 5.74) is 0.266. The van der Waals surface area contributed by atoms with E-state index < -0.39 is 17.6 Å². The third-order valence-corrected chi connectivity index (χ3v) is 4.64. The van der Waals surface area contributed by atoms with Gasteiger partial charge in [0.25, 0.3) is 16.7 Å². The van der Waals surface area contributed by atoms with Gasteiger partial charge in [0, 0.05) is 19.1 Å². The molecule has 8 heteroatoms. The van der Waals surface area contributed by atoms with E-state index in [1.165, 1.54) is 25.1 Å². The van der Waals surface area contributed by atoms with Gasteiger partial charge in [-0.15, -0.1) is 4.73 Å². The first-order valence-corrected chi connectivity index (χ1v) is 9.61. The number of carbonyl (C=O) groups excluding carboxylic acids is 2. The molecule has 1 aromatic heterocycles. The van der Waals surface area contributed by atoms with Gasteiger partial charge in [-0.25, -0.2) is 9.59 Å². The van der Waals surface area contributed by atoms with E-state index in [1.807, 2.05) is 13.0 Å². The highest BCUT2D eigenvalue weighted by Crippen LogP contribution is 2.14. The van der Waals surface area contributed by atoms with Crippen LogP contribution in [0.25, 0.3) is 11.0 Å². The summed E-state index contributed by atoms with van der Waals surface area (Å²) < 4.78 is 11.2. The maximum absolute atomic E-state index is 12.9. The molecule has 3 aromatic rings. The molecule has 0 unspecified atom stereocenters. The highest BCUT2D eigenvalue weighted by atomic mass is 16.5. The van der Waals surface area contributed by atoms with Crippen molar-refractivity contribution in [1.29, 1.82) is 0 Å². The summed E-state index contributed by atoms with van der Waals surface area (Å²) in [6.45, 7) is 3.56. The van der Waals surface area contributed by atoms with Crippen molar-refractivity contribution in [1.82, 2.24) is 0 Å². The van der Waals surface area contributed by atoms with Gasteiger partial charge in [-0.2, -0.15) is 4.73 Å². The molecule has 0 aliphatic heterocycles. The largest absolute Gasteiger partial charge is 0.618 e. The van der Waals surface area contributed by atoms with E-state index in [4.69, 9.17) is 9.47 Å². The Kier molecular flexibility index (Phi) is 6.46. The van der Waals surface area contributed by atoms with E-state index >= 15 is 0 Å². The van der Waals surface area contributed by atoms with Crippen molar-refractivity contribution >= 4 is 23.0 Å². The molecule has 0 fully saturated rings. The van der Waals surface area contributed by atoms with E-state index in [9.17, 15) is 20.0 Å². The normalized spacial score (nSPS) is 10.7. The van der Waals surface area contributed by atoms with Gasteiger partial charge in [0.1, 0.15) is 6.61 Å². The van der Waals surface area contributed by atoms with Gasteiger partial charge in [-0.05, 0) is 18.1 Å². The number of ether oxygens (including phenoxy) is 2. The molecule has 156 valence electrons. The Morgan fingerprint density at radius 1 is 0.933 bits per heavy atom. The smallest absolute Gasteiger partial charge is 0.412 e. The van der Waals surface area contributed by atoms with Crippen LogP contribution in [0, 0.1) is 17.3 Å². The number of hydrogen-bond acceptors (Lipinski definition) is 6. The second-order valence-corrected chi connectivity index (χ2v) is 6.78. The lowest BCUT2D eigenvalue weighted by Crippen LogP contribution is -2.46. The first kappa shape index (κ1) is 21.0. The summed E-state index contributed by atoms with van der Waals surface area (Å²) in [7, 11) is 0. The number of rotatable bonds is 7. The molecule has 0 N–H and O–H groups in total. The second kappa shape index (κ2) is 9.21. The maximum Gasteiger partial charge on any atom is 0.412 e. The zero-order valence-corrected chi connectivity index (χ0v) is 16.8. The zero-order chi connectivity index (χ0) is 21.7. The van der Waals surface area contributed by atoms with Crippen LogP contribution < -0.4 is 9.46 Å². The van der Waals surface area contributed by atoms with E-state index in [2.05, 4.69) is 0 Å². The highest BCUT2D eigenvalue weighted by Gasteiger charge is 2.32. The first-order chi connectivity index (χ1) is 14.4. The van der Waals surface area contributed by atoms with E-state index in [0.29, 0.717) is 9.46 Å². The molecule has 0 aliphatic carbocycles. The average Bonchev–Trinajstić information content (AvgIpc) is 2.76. The SMILES string of the molecule is CCCCOC(=O)c1ccc2c(c1)[n+]([O-])c(C(=O)OCc1ccccc1)c(C)[n+]2[O-]. The van der Waals surface area contributed by atoms with E-state index in [-0.39, 0.29) is 35.5 Å². The number of unbranched alkanes of at least 4 members (excludes halogenated alkanes) is 1. The van der Waals surface area contributed by atoms with Gasteiger partial charge < -0.3 is 19.9 Å². The molecule has 0 atom stereocenters. The fourth-order valence-electron chi connectivity index (χ4n) is 2.94.